The highest BCUT2D eigenvalue weighted by atomic mass is 16.4. The van der Waals surface area contributed by atoms with Crippen LogP contribution >= 0.6 is 0 Å². The third kappa shape index (κ3) is 3.89. The molecule has 15 heteroatoms. The van der Waals surface area contributed by atoms with Crippen LogP contribution in [0.5, 0.6) is 5.75 Å². The van der Waals surface area contributed by atoms with Crippen molar-refractivity contribution < 1.29 is 66.9 Å². The monoisotopic (exact) mass is 532 g/mol. The number of rotatable bonds is 2. The van der Waals surface area contributed by atoms with Gasteiger partial charge in [0.15, 0.2) is 11.4 Å². The first-order chi connectivity index (χ1) is 15.2. The molecule has 208 valence electrons. The first-order valence-electron chi connectivity index (χ1n) is 10.1. The van der Waals surface area contributed by atoms with Gasteiger partial charge < -0.3 is 58.3 Å². The van der Waals surface area contributed by atoms with Gasteiger partial charge >= 0.3 is 0 Å². The first kappa shape index (κ1) is 33.6. The highest BCUT2D eigenvalue weighted by Gasteiger charge is 2.69. The minimum absolute atomic E-state index is 0. The number of likely N-dealkylation sites (N-methyl/N-ethyl adjacent to an activating group) is 1. The Morgan fingerprint density at radius 3 is 2.05 bits per heavy atom. The molecule has 1 aromatic rings. The Hall–Kier alpha value is -3.41. The van der Waals surface area contributed by atoms with Crippen molar-refractivity contribution in [3.63, 3.8) is 0 Å². The third-order valence-electron chi connectivity index (χ3n) is 7.04. The van der Waals surface area contributed by atoms with E-state index in [9.17, 15) is 45.0 Å². The summed E-state index contributed by atoms with van der Waals surface area (Å²) in [5, 5.41) is 66.5. The number of hydrogen-bond donors (Lipinski definition) is 7. The molecule has 0 fully saturated rings. The number of aliphatic hydroxyl groups excluding tert-OH is 3. The lowest BCUT2D eigenvalue weighted by Gasteiger charge is -2.55. The molecule has 0 aromatic heterocycles. The molecular formula is C22H32N2O13. The number of nitrogens with zero attached hydrogens (tertiary/aromatic N) is 1. The predicted octanol–water partition coefficient (Wildman–Crippen LogP) is -4.54. The Labute approximate surface area is 209 Å². The molecule has 1 amide bonds. The van der Waals surface area contributed by atoms with Crippen molar-refractivity contribution in [2.75, 3.05) is 14.1 Å². The fraction of sp³-hybridized carbons (Fsp3) is 0.409. The lowest BCUT2D eigenvalue weighted by atomic mass is 9.54. The molecule has 4 rings (SSSR count). The highest BCUT2D eigenvalue weighted by Crippen LogP contribution is 2.56. The number of carbonyl (C=O) groups is 3. The van der Waals surface area contributed by atoms with Crippen LogP contribution in [0.2, 0.25) is 0 Å². The average Bonchev–Trinajstić information content (AvgIpc) is 2.70. The summed E-state index contributed by atoms with van der Waals surface area (Å²) < 4.78 is 0. The number of amides is 1. The molecule has 0 saturated heterocycles. The fourth-order valence-corrected chi connectivity index (χ4v) is 5.60. The molecule has 0 saturated carbocycles. The summed E-state index contributed by atoms with van der Waals surface area (Å²) in [5.74, 6) is -9.66. The normalized spacial score (nSPS) is 32.1. The van der Waals surface area contributed by atoms with Crippen molar-refractivity contribution in [2.24, 2.45) is 17.6 Å². The SMILES string of the molecule is CN(C)[C@@H]1C(O)=C(C(N)=O)C(=O)[C@@]2(O)C(O)=C3C(=O)c4c(O)cccc4[C@@](C)(O)[C@H]3[C@H](O)[C@@H]12.O.O.O.O. The van der Waals surface area contributed by atoms with Crippen LogP contribution in [0.1, 0.15) is 22.8 Å². The molecule has 0 unspecified atom stereocenters. The number of carbonyl (C=O) groups excluding carboxylic acids is 3. The maximum absolute atomic E-state index is 13.3. The standard InChI is InChI=1S/C22H24N2O9.4H2O/c1-21(32)7-5-4-6-8(25)9(7)15(26)10-12(21)17(28)13-14(24(2)3)16(27)11(20(23)31)19(30)22(13,33)18(10)29;;;;/h4-6,12-14,17,25,27-29,32-33H,1-3H3,(H2,23,31);4*1H2/t12-,13-,14+,17+,21-,22+;;;;/m1..../s1. The van der Waals surface area contributed by atoms with Gasteiger partial charge in [0.05, 0.1) is 40.7 Å². The van der Waals surface area contributed by atoms with E-state index in [-0.39, 0.29) is 33.0 Å². The van der Waals surface area contributed by atoms with Crippen molar-refractivity contribution in [2.45, 2.75) is 30.3 Å². The lowest BCUT2D eigenvalue weighted by molar-refractivity contribution is -0.173. The number of phenols is 1. The lowest BCUT2D eigenvalue weighted by Crippen LogP contribution is -2.70. The van der Waals surface area contributed by atoms with Crippen LogP contribution in [0.25, 0.3) is 0 Å². The smallest absolute Gasteiger partial charge is 0.255 e. The van der Waals surface area contributed by atoms with Crippen LogP contribution in [0, 0.1) is 11.8 Å². The number of ketones is 2. The van der Waals surface area contributed by atoms with Crippen LogP contribution < -0.4 is 5.73 Å². The molecular weight excluding hydrogens is 500 g/mol. The molecule has 16 N–H and O–H groups in total. The second kappa shape index (κ2) is 10.2. The molecule has 37 heavy (non-hydrogen) atoms. The van der Waals surface area contributed by atoms with Gasteiger partial charge in [-0.15, -0.1) is 0 Å². The van der Waals surface area contributed by atoms with Crippen LogP contribution in [-0.2, 0) is 15.2 Å². The van der Waals surface area contributed by atoms with Crippen molar-refractivity contribution in [3.8, 4) is 5.75 Å². The van der Waals surface area contributed by atoms with E-state index in [1.807, 2.05) is 0 Å². The van der Waals surface area contributed by atoms with Gasteiger partial charge in [0.2, 0.25) is 5.78 Å². The summed E-state index contributed by atoms with van der Waals surface area (Å²) in [6, 6.07) is 2.54. The summed E-state index contributed by atoms with van der Waals surface area (Å²) in [6.07, 6.45) is -1.87. The molecule has 15 nitrogen and oxygen atoms in total. The van der Waals surface area contributed by atoms with Crippen molar-refractivity contribution in [1.82, 2.24) is 4.90 Å². The molecule has 3 aliphatic rings. The van der Waals surface area contributed by atoms with E-state index in [4.69, 9.17) is 5.73 Å². The summed E-state index contributed by atoms with van der Waals surface area (Å²) >= 11 is 0. The van der Waals surface area contributed by atoms with Gasteiger partial charge in [-0.05, 0) is 32.6 Å². The number of hydrogen-bond acceptors (Lipinski definition) is 10. The molecule has 0 spiro atoms. The Morgan fingerprint density at radius 1 is 1.03 bits per heavy atom. The van der Waals surface area contributed by atoms with Gasteiger partial charge in [-0.2, -0.15) is 0 Å². The van der Waals surface area contributed by atoms with Crippen molar-refractivity contribution >= 4 is 17.5 Å². The zero-order valence-corrected chi connectivity index (χ0v) is 20.0. The van der Waals surface area contributed by atoms with Gasteiger partial charge in [0.1, 0.15) is 22.8 Å². The van der Waals surface area contributed by atoms with E-state index >= 15 is 0 Å². The number of phenolic OH excluding ortho intramolecular Hbond substituents is 1. The number of primary amides is 1. The second-order valence-electron chi connectivity index (χ2n) is 9.06. The van der Waals surface area contributed by atoms with Crippen LogP contribution in [0.15, 0.2) is 40.9 Å². The van der Waals surface area contributed by atoms with Gasteiger partial charge in [-0.3, -0.25) is 19.3 Å². The van der Waals surface area contributed by atoms with E-state index in [0.717, 1.165) is 0 Å². The van der Waals surface area contributed by atoms with Crippen LogP contribution in [-0.4, -0.2) is 107 Å². The molecule has 0 aliphatic heterocycles. The number of benzene rings is 1. The molecule has 1 aromatic carbocycles. The predicted molar refractivity (Wildman–Crippen MR) is 125 cm³/mol. The maximum atomic E-state index is 13.3. The van der Waals surface area contributed by atoms with E-state index in [1.165, 1.54) is 44.1 Å². The van der Waals surface area contributed by atoms with Crippen molar-refractivity contribution in [1.29, 1.82) is 0 Å². The summed E-state index contributed by atoms with van der Waals surface area (Å²) in [5.41, 5.74) is -1.88. The molecule has 3 aliphatic carbocycles. The summed E-state index contributed by atoms with van der Waals surface area (Å²) in [6.45, 7) is 1.25. The van der Waals surface area contributed by atoms with Gasteiger partial charge in [0, 0.05) is 0 Å². The number of Topliss-reactive ketones (excluding diaryl/α,β-unsaturated/α-hetero) is 2. The van der Waals surface area contributed by atoms with E-state index in [0.29, 0.717) is 0 Å². The zero-order chi connectivity index (χ0) is 24.8. The topological polar surface area (TPSA) is 328 Å². The average molecular weight is 532 g/mol. The molecule has 6 atom stereocenters. The highest BCUT2D eigenvalue weighted by molar-refractivity contribution is 6.25. The Bertz CT molecular complexity index is 1190. The number of fused-ring (bicyclic) bond motifs is 3. The number of aromatic hydroxyl groups is 1. The van der Waals surface area contributed by atoms with Crippen molar-refractivity contribution in [3.05, 3.63) is 52.0 Å². The number of nitrogens with two attached hydrogens (primary N) is 1. The van der Waals surface area contributed by atoms with Crippen LogP contribution in [0.3, 0.4) is 0 Å². The largest absolute Gasteiger partial charge is 0.510 e. The van der Waals surface area contributed by atoms with E-state index < -0.39 is 81.1 Å². The van der Waals surface area contributed by atoms with Gasteiger partial charge in [-0.1, -0.05) is 12.1 Å². The third-order valence-corrected chi connectivity index (χ3v) is 7.04. The molecule has 0 bridgehead atoms. The molecule has 0 radical (unpaired) electrons. The zero-order valence-electron chi connectivity index (χ0n) is 20.0. The Morgan fingerprint density at radius 2 is 1.57 bits per heavy atom. The minimum atomic E-state index is -3.02. The van der Waals surface area contributed by atoms with Crippen LogP contribution in [0.4, 0.5) is 0 Å². The fourth-order valence-electron chi connectivity index (χ4n) is 5.60. The first-order valence-corrected chi connectivity index (χ1v) is 10.1. The second-order valence-corrected chi connectivity index (χ2v) is 9.06. The van der Waals surface area contributed by atoms with E-state index in [2.05, 4.69) is 0 Å². The summed E-state index contributed by atoms with van der Waals surface area (Å²) in [7, 11) is 2.85. The van der Waals surface area contributed by atoms with Gasteiger partial charge in [-0.25, -0.2) is 0 Å². The quantitative estimate of drug-likeness (QED) is 0.179. The van der Waals surface area contributed by atoms with E-state index in [1.54, 1.807) is 0 Å². The number of aliphatic hydroxyl groups is 5. The Kier molecular flexibility index (Phi) is 9.22. The molecule has 0 heterocycles. The summed E-state index contributed by atoms with van der Waals surface area (Å²) in [4.78, 5) is 39.8. The minimum Gasteiger partial charge on any atom is -0.510 e. The Balaban J connectivity index is 0.00000324. The van der Waals surface area contributed by atoms with Gasteiger partial charge in [0.25, 0.3) is 5.91 Å². The maximum Gasteiger partial charge on any atom is 0.255 e.